The van der Waals surface area contributed by atoms with Crippen molar-refractivity contribution in [1.29, 1.82) is 0 Å². The van der Waals surface area contributed by atoms with Crippen LogP contribution in [-0.4, -0.2) is 45.7 Å². The topological polar surface area (TPSA) is 52.6 Å². The Morgan fingerprint density at radius 3 is 2.95 bits per heavy atom. The van der Waals surface area contributed by atoms with Crippen LogP contribution in [0.1, 0.15) is 18.4 Å². The highest BCUT2D eigenvalue weighted by Crippen LogP contribution is 2.38. The van der Waals surface area contributed by atoms with Gasteiger partial charge in [0.1, 0.15) is 6.04 Å². The van der Waals surface area contributed by atoms with Gasteiger partial charge in [-0.25, -0.2) is 0 Å². The van der Waals surface area contributed by atoms with Gasteiger partial charge in [-0.05, 0) is 24.9 Å². The number of rotatable bonds is 3. The summed E-state index contributed by atoms with van der Waals surface area (Å²) in [5.41, 5.74) is 1.32. The number of carboxylic acid groups (broad SMARTS) is 1. The van der Waals surface area contributed by atoms with E-state index in [0.717, 1.165) is 32.5 Å². The molecule has 2 aliphatic heterocycles. The first-order chi connectivity index (χ1) is 9.67. The number of aliphatic carboxylic acids is 1. The van der Waals surface area contributed by atoms with Gasteiger partial charge in [-0.15, -0.1) is 11.8 Å². The van der Waals surface area contributed by atoms with Crippen LogP contribution in [0.4, 0.5) is 0 Å². The van der Waals surface area contributed by atoms with E-state index in [2.05, 4.69) is 34.5 Å². The first kappa shape index (κ1) is 13.9. The number of likely N-dealkylation sites (tertiary alicyclic amines) is 1. The van der Waals surface area contributed by atoms with Gasteiger partial charge < -0.3 is 5.11 Å². The van der Waals surface area contributed by atoms with E-state index in [1.165, 1.54) is 5.56 Å². The number of nitrogens with zero attached hydrogens (tertiary/aromatic N) is 1. The van der Waals surface area contributed by atoms with E-state index in [4.69, 9.17) is 5.11 Å². The van der Waals surface area contributed by atoms with Gasteiger partial charge in [0.05, 0.1) is 4.87 Å². The minimum absolute atomic E-state index is 0.0594. The zero-order chi connectivity index (χ0) is 14.0. The predicted molar refractivity (Wildman–Crippen MR) is 80.7 cm³/mol. The largest absolute Gasteiger partial charge is 0.480 e. The second kappa shape index (κ2) is 5.76. The van der Waals surface area contributed by atoms with Crippen LogP contribution < -0.4 is 5.32 Å². The normalized spacial score (nSPS) is 30.7. The van der Waals surface area contributed by atoms with Crippen LogP contribution in [0.15, 0.2) is 30.3 Å². The first-order valence-corrected chi connectivity index (χ1v) is 8.06. The fraction of sp³-hybridized carbons (Fsp3) is 0.533. The molecule has 2 fully saturated rings. The maximum Gasteiger partial charge on any atom is 0.321 e. The second-order valence-corrected chi connectivity index (χ2v) is 7.04. The summed E-state index contributed by atoms with van der Waals surface area (Å²) in [6.45, 7) is 2.97. The highest BCUT2D eigenvalue weighted by atomic mass is 32.2. The van der Waals surface area contributed by atoms with Crippen molar-refractivity contribution in [3.8, 4) is 0 Å². The van der Waals surface area contributed by atoms with E-state index in [-0.39, 0.29) is 4.87 Å². The van der Waals surface area contributed by atoms with Crippen LogP contribution in [0.2, 0.25) is 0 Å². The molecule has 1 spiro atoms. The standard InChI is InChI=1S/C15H20N2O2S/c18-14(19)13-10-20-15(16-13)7-4-8-17(11-15)9-12-5-2-1-3-6-12/h1-3,5-6,13,16H,4,7-11H2,(H,18,19). The third-order valence-corrected chi connectivity index (χ3v) is 5.55. The number of hydrogen-bond donors (Lipinski definition) is 2. The fourth-order valence-corrected chi connectivity index (χ4v) is 4.60. The van der Waals surface area contributed by atoms with Crippen molar-refractivity contribution >= 4 is 17.7 Å². The lowest BCUT2D eigenvalue weighted by atomic mass is 10.0. The van der Waals surface area contributed by atoms with Crippen molar-refractivity contribution in [2.24, 2.45) is 0 Å². The van der Waals surface area contributed by atoms with Crippen LogP contribution in [0.5, 0.6) is 0 Å². The maximum absolute atomic E-state index is 11.1. The number of thioether (sulfide) groups is 1. The Bertz CT molecular complexity index is 482. The molecule has 0 radical (unpaired) electrons. The highest BCUT2D eigenvalue weighted by Gasteiger charge is 2.44. The number of carbonyl (C=O) groups is 1. The van der Waals surface area contributed by atoms with E-state index >= 15 is 0 Å². The zero-order valence-corrected chi connectivity index (χ0v) is 12.2. The van der Waals surface area contributed by atoms with Gasteiger partial charge in [0.2, 0.25) is 0 Å². The lowest BCUT2D eigenvalue weighted by Gasteiger charge is -2.40. The summed E-state index contributed by atoms with van der Waals surface area (Å²) in [5, 5.41) is 12.5. The minimum Gasteiger partial charge on any atom is -0.480 e. The third-order valence-electron chi connectivity index (χ3n) is 4.04. The smallest absolute Gasteiger partial charge is 0.321 e. The van der Waals surface area contributed by atoms with Gasteiger partial charge in [-0.2, -0.15) is 0 Å². The molecule has 2 heterocycles. The van der Waals surface area contributed by atoms with Crippen LogP contribution >= 0.6 is 11.8 Å². The first-order valence-electron chi connectivity index (χ1n) is 7.08. The zero-order valence-electron chi connectivity index (χ0n) is 11.4. The summed E-state index contributed by atoms with van der Waals surface area (Å²) < 4.78 is 0. The molecule has 2 N–H and O–H groups in total. The van der Waals surface area contributed by atoms with Crippen molar-refractivity contribution in [1.82, 2.24) is 10.2 Å². The Balaban J connectivity index is 1.64. The summed E-state index contributed by atoms with van der Waals surface area (Å²) in [5.74, 6) is -0.0522. The number of benzene rings is 1. The molecule has 4 nitrogen and oxygen atoms in total. The van der Waals surface area contributed by atoms with Gasteiger partial charge in [-0.3, -0.25) is 15.0 Å². The Morgan fingerprint density at radius 1 is 1.45 bits per heavy atom. The Morgan fingerprint density at radius 2 is 2.25 bits per heavy atom. The quantitative estimate of drug-likeness (QED) is 0.889. The summed E-state index contributed by atoms with van der Waals surface area (Å²) >= 11 is 1.78. The molecule has 0 aromatic heterocycles. The SMILES string of the molecule is O=C(O)C1CSC2(CCCN(Cc3ccccc3)C2)N1. The second-order valence-electron chi connectivity index (χ2n) is 5.64. The lowest BCUT2D eigenvalue weighted by molar-refractivity contribution is -0.139. The number of nitrogens with one attached hydrogen (secondary N) is 1. The van der Waals surface area contributed by atoms with Gasteiger partial charge in [0.25, 0.3) is 0 Å². The maximum atomic E-state index is 11.1. The summed E-state index contributed by atoms with van der Waals surface area (Å²) in [4.78, 5) is 13.5. The van der Waals surface area contributed by atoms with Gasteiger partial charge >= 0.3 is 5.97 Å². The Labute approximate surface area is 123 Å². The number of carboxylic acids is 1. The van der Waals surface area contributed by atoms with Gasteiger partial charge in [0, 0.05) is 18.8 Å². The fourth-order valence-electron chi connectivity index (χ4n) is 3.10. The molecular weight excluding hydrogens is 272 g/mol. The molecule has 0 bridgehead atoms. The van der Waals surface area contributed by atoms with E-state index in [0.29, 0.717) is 5.75 Å². The van der Waals surface area contributed by atoms with Crippen molar-refractivity contribution in [2.45, 2.75) is 30.3 Å². The molecule has 5 heteroatoms. The molecule has 0 saturated carbocycles. The van der Waals surface area contributed by atoms with E-state index in [1.54, 1.807) is 11.8 Å². The Kier molecular flexibility index (Phi) is 4.01. The summed E-state index contributed by atoms with van der Waals surface area (Å²) in [6, 6.07) is 10.1. The minimum atomic E-state index is -0.727. The molecule has 2 aliphatic rings. The molecule has 0 aliphatic carbocycles. The molecule has 1 aromatic carbocycles. The molecule has 2 saturated heterocycles. The molecule has 108 valence electrons. The van der Waals surface area contributed by atoms with Crippen LogP contribution in [0.3, 0.4) is 0 Å². The molecule has 3 rings (SSSR count). The van der Waals surface area contributed by atoms with E-state index in [1.807, 2.05) is 6.07 Å². The van der Waals surface area contributed by atoms with E-state index in [9.17, 15) is 4.79 Å². The molecule has 2 atom stereocenters. The average molecular weight is 292 g/mol. The van der Waals surface area contributed by atoms with Crippen LogP contribution in [-0.2, 0) is 11.3 Å². The molecule has 20 heavy (non-hydrogen) atoms. The average Bonchev–Trinajstić information content (AvgIpc) is 2.84. The predicted octanol–water partition coefficient (Wildman–Crippen LogP) is 1.77. The molecular formula is C15H20N2O2S. The van der Waals surface area contributed by atoms with Crippen molar-refractivity contribution in [3.63, 3.8) is 0 Å². The number of hydrogen-bond acceptors (Lipinski definition) is 4. The molecule has 0 amide bonds. The van der Waals surface area contributed by atoms with Gasteiger partial charge in [0.15, 0.2) is 0 Å². The highest BCUT2D eigenvalue weighted by molar-refractivity contribution is 8.01. The molecule has 2 unspecified atom stereocenters. The lowest BCUT2D eigenvalue weighted by Crippen LogP contribution is -2.54. The summed E-state index contributed by atoms with van der Waals surface area (Å²) in [6.07, 6.45) is 2.19. The number of piperidine rings is 1. The van der Waals surface area contributed by atoms with Crippen molar-refractivity contribution in [2.75, 3.05) is 18.8 Å². The summed E-state index contributed by atoms with van der Waals surface area (Å²) in [7, 11) is 0. The van der Waals surface area contributed by atoms with Gasteiger partial charge in [-0.1, -0.05) is 30.3 Å². The van der Waals surface area contributed by atoms with Crippen LogP contribution in [0.25, 0.3) is 0 Å². The van der Waals surface area contributed by atoms with Crippen LogP contribution in [0, 0.1) is 0 Å². The third kappa shape index (κ3) is 3.00. The molecule has 1 aromatic rings. The van der Waals surface area contributed by atoms with Crippen molar-refractivity contribution in [3.05, 3.63) is 35.9 Å². The monoisotopic (exact) mass is 292 g/mol. The van der Waals surface area contributed by atoms with Crippen molar-refractivity contribution < 1.29 is 9.90 Å². The Hall–Kier alpha value is -1.04. The van der Waals surface area contributed by atoms with E-state index < -0.39 is 12.0 Å².